The van der Waals surface area contributed by atoms with Gasteiger partial charge in [-0.2, -0.15) is 0 Å². The number of anilines is 1. The molecule has 4 nitrogen and oxygen atoms in total. The van der Waals surface area contributed by atoms with Gasteiger partial charge in [0.25, 0.3) is 0 Å². The Morgan fingerprint density at radius 2 is 1.79 bits per heavy atom. The zero-order valence-corrected chi connectivity index (χ0v) is 14.6. The molecule has 24 heavy (non-hydrogen) atoms. The second-order valence-electron chi connectivity index (χ2n) is 7.56. The van der Waals surface area contributed by atoms with Crippen LogP contribution in [0, 0.1) is 5.92 Å². The van der Waals surface area contributed by atoms with Crippen LogP contribution in [0.2, 0.25) is 0 Å². The van der Waals surface area contributed by atoms with Gasteiger partial charge in [-0.1, -0.05) is 18.2 Å². The highest BCUT2D eigenvalue weighted by Crippen LogP contribution is 2.39. The fourth-order valence-electron chi connectivity index (χ4n) is 4.48. The van der Waals surface area contributed by atoms with Crippen LogP contribution < -0.4 is 10.2 Å². The van der Waals surface area contributed by atoms with Gasteiger partial charge in [-0.3, -0.25) is 0 Å². The highest BCUT2D eigenvalue weighted by molar-refractivity contribution is 5.47. The fourth-order valence-corrected chi connectivity index (χ4v) is 4.48. The van der Waals surface area contributed by atoms with Gasteiger partial charge < -0.3 is 19.7 Å². The average Bonchev–Trinajstić information content (AvgIpc) is 3.28. The van der Waals surface area contributed by atoms with Crippen molar-refractivity contribution in [1.82, 2.24) is 5.32 Å². The molecular weight excluding hydrogens is 300 g/mol. The predicted molar refractivity (Wildman–Crippen MR) is 96.3 cm³/mol. The van der Waals surface area contributed by atoms with Gasteiger partial charge in [0.05, 0.1) is 13.2 Å². The number of nitrogens with one attached hydrogen (secondary N) is 1. The minimum absolute atomic E-state index is 0.203. The summed E-state index contributed by atoms with van der Waals surface area (Å²) in [5.74, 6) is 0.633. The summed E-state index contributed by atoms with van der Waals surface area (Å²) in [5.41, 5.74) is 1.36. The first-order valence-corrected chi connectivity index (χ1v) is 9.64. The van der Waals surface area contributed by atoms with E-state index in [1.165, 1.54) is 37.9 Å². The SMILES string of the molecule is c1ccc(N2CCC(NCCC3CCC4(CC3)OCCO4)C2)cc1. The Morgan fingerprint density at radius 1 is 1.04 bits per heavy atom. The van der Waals surface area contributed by atoms with Crippen LogP contribution in [-0.2, 0) is 9.47 Å². The lowest BCUT2D eigenvalue weighted by molar-refractivity contribution is -0.182. The predicted octanol–water partition coefficient (Wildman–Crippen LogP) is 3.18. The largest absolute Gasteiger partial charge is 0.370 e. The maximum atomic E-state index is 5.83. The monoisotopic (exact) mass is 330 g/mol. The summed E-state index contributed by atoms with van der Waals surface area (Å²) in [6, 6.07) is 11.4. The number of ether oxygens (including phenoxy) is 2. The lowest BCUT2D eigenvalue weighted by atomic mass is 9.83. The van der Waals surface area contributed by atoms with E-state index >= 15 is 0 Å². The Kier molecular flexibility index (Phi) is 5.06. The molecule has 1 unspecified atom stereocenters. The molecule has 4 heteroatoms. The third-order valence-corrected chi connectivity index (χ3v) is 5.98. The van der Waals surface area contributed by atoms with Crippen molar-refractivity contribution in [1.29, 1.82) is 0 Å². The molecule has 132 valence electrons. The molecule has 1 N–H and O–H groups in total. The van der Waals surface area contributed by atoms with Crippen LogP contribution in [0.15, 0.2) is 30.3 Å². The summed E-state index contributed by atoms with van der Waals surface area (Å²) < 4.78 is 11.7. The molecule has 1 aliphatic carbocycles. The van der Waals surface area contributed by atoms with Gasteiger partial charge in [0, 0.05) is 37.7 Å². The molecule has 0 radical (unpaired) electrons. The topological polar surface area (TPSA) is 33.7 Å². The zero-order valence-electron chi connectivity index (χ0n) is 14.6. The van der Waals surface area contributed by atoms with E-state index in [1.54, 1.807) is 0 Å². The first-order valence-electron chi connectivity index (χ1n) is 9.64. The molecule has 0 bridgehead atoms. The van der Waals surface area contributed by atoms with E-state index in [0.29, 0.717) is 6.04 Å². The highest BCUT2D eigenvalue weighted by Gasteiger charge is 2.40. The van der Waals surface area contributed by atoms with Gasteiger partial charge in [0.1, 0.15) is 0 Å². The van der Waals surface area contributed by atoms with Crippen LogP contribution in [0.4, 0.5) is 5.69 Å². The Bertz CT molecular complexity index is 506. The number of rotatable bonds is 5. The van der Waals surface area contributed by atoms with E-state index in [-0.39, 0.29) is 5.79 Å². The minimum atomic E-state index is -0.203. The van der Waals surface area contributed by atoms with Crippen LogP contribution >= 0.6 is 0 Å². The number of hydrogen-bond donors (Lipinski definition) is 1. The first-order chi connectivity index (χ1) is 11.8. The van der Waals surface area contributed by atoms with E-state index in [4.69, 9.17) is 9.47 Å². The molecule has 2 aliphatic heterocycles. The van der Waals surface area contributed by atoms with E-state index < -0.39 is 0 Å². The van der Waals surface area contributed by atoms with Gasteiger partial charge in [0.2, 0.25) is 0 Å². The highest BCUT2D eigenvalue weighted by atomic mass is 16.7. The molecule has 3 aliphatic rings. The van der Waals surface area contributed by atoms with Crippen molar-refractivity contribution in [3.8, 4) is 0 Å². The second-order valence-corrected chi connectivity index (χ2v) is 7.56. The van der Waals surface area contributed by atoms with E-state index in [0.717, 1.165) is 45.1 Å². The Hall–Kier alpha value is -1.10. The molecule has 0 amide bonds. The molecule has 1 saturated carbocycles. The standard InChI is InChI=1S/C20H30N2O2/c1-2-4-19(5-3-1)22-13-9-18(16-22)21-12-8-17-6-10-20(11-7-17)23-14-15-24-20/h1-5,17-18,21H,6-16H2. The molecule has 0 aromatic heterocycles. The third-order valence-electron chi connectivity index (χ3n) is 5.98. The summed E-state index contributed by atoms with van der Waals surface area (Å²) in [4.78, 5) is 2.50. The molecule has 1 aromatic rings. The number of para-hydroxylation sites is 1. The molecule has 1 spiro atoms. The minimum Gasteiger partial charge on any atom is -0.370 e. The number of hydrogen-bond acceptors (Lipinski definition) is 4. The molecule has 2 heterocycles. The zero-order chi connectivity index (χ0) is 16.2. The van der Waals surface area contributed by atoms with Crippen molar-refractivity contribution in [2.45, 2.75) is 50.4 Å². The Morgan fingerprint density at radius 3 is 2.54 bits per heavy atom. The van der Waals surface area contributed by atoms with Gasteiger partial charge in [0.15, 0.2) is 5.79 Å². The van der Waals surface area contributed by atoms with Gasteiger partial charge in [-0.05, 0) is 50.3 Å². The first kappa shape index (κ1) is 16.4. The summed E-state index contributed by atoms with van der Waals surface area (Å²) >= 11 is 0. The van der Waals surface area contributed by atoms with Crippen molar-refractivity contribution < 1.29 is 9.47 Å². The Labute approximate surface area is 145 Å². The van der Waals surface area contributed by atoms with Crippen molar-refractivity contribution in [3.05, 3.63) is 30.3 Å². The summed E-state index contributed by atoms with van der Waals surface area (Å²) in [7, 11) is 0. The fraction of sp³-hybridized carbons (Fsp3) is 0.700. The summed E-state index contributed by atoms with van der Waals surface area (Å²) in [6.45, 7) is 5.02. The number of benzene rings is 1. The van der Waals surface area contributed by atoms with Gasteiger partial charge in [-0.25, -0.2) is 0 Å². The average molecular weight is 330 g/mol. The van der Waals surface area contributed by atoms with Crippen molar-refractivity contribution in [2.24, 2.45) is 5.92 Å². The molecule has 3 fully saturated rings. The van der Waals surface area contributed by atoms with Gasteiger partial charge in [-0.15, -0.1) is 0 Å². The molecule has 4 rings (SSSR count). The lowest BCUT2D eigenvalue weighted by Gasteiger charge is -2.35. The molecule has 2 saturated heterocycles. The van der Waals surface area contributed by atoms with Crippen molar-refractivity contribution in [2.75, 3.05) is 37.7 Å². The number of nitrogens with zero attached hydrogens (tertiary/aromatic N) is 1. The summed E-state index contributed by atoms with van der Waals surface area (Å²) in [5, 5.41) is 3.79. The van der Waals surface area contributed by atoms with Crippen LogP contribution in [0.25, 0.3) is 0 Å². The van der Waals surface area contributed by atoms with Crippen molar-refractivity contribution in [3.63, 3.8) is 0 Å². The van der Waals surface area contributed by atoms with Crippen LogP contribution in [-0.4, -0.2) is 44.7 Å². The second kappa shape index (κ2) is 7.42. The maximum absolute atomic E-state index is 5.83. The normalized spacial score (nSPS) is 27.2. The summed E-state index contributed by atoms with van der Waals surface area (Å²) in [6.07, 6.45) is 7.22. The lowest BCUT2D eigenvalue weighted by Crippen LogP contribution is -2.37. The maximum Gasteiger partial charge on any atom is 0.168 e. The van der Waals surface area contributed by atoms with Crippen LogP contribution in [0.1, 0.15) is 38.5 Å². The Balaban J connectivity index is 1.15. The van der Waals surface area contributed by atoms with E-state index in [2.05, 4.69) is 40.5 Å². The molecular formula is C20H30N2O2. The third kappa shape index (κ3) is 3.76. The van der Waals surface area contributed by atoms with Gasteiger partial charge >= 0.3 is 0 Å². The smallest absolute Gasteiger partial charge is 0.168 e. The van der Waals surface area contributed by atoms with Crippen LogP contribution in [0.3, 0.4) is 0 Å². The van der Waals surface area contributed by atoms with Crippen molar-refractivity contribution >= 4 is 5.69 Å². The quantitative estimate of drug-likeness (QED) is 0.899. The van der Waals surface area contributed by atoms with E-state index in [1.807, 2.05) is 0 Å². The van der Waals surface area contributed by atoms with E-state index in [9.17, 15) is 0 Å². The molecule has 1 aromatic carbocycles. The van der Waals surface area contributed by atoms with Crippen LogP contribution in [0.5, 0.6) is 0 Å². The molecule has 1 atom stereocenters.